The van der Waals surface area contributed by atoms with Crippen molar-refractivity contribution in [1.82, 2.24) is 14.8 Å². The van der Waals surface area contributed by atoms with E-state index in [1.165, 1.54) is 11.6 Å². The Balaban J connectivity index is 1.40. The Morgan fingerprint density at radius 2 is 1.76 bits per heavy atom. The molecule has 5 nitrogen and oxygen atoms in total. The van der Waals surface area contributed by atoms with Crippen molar-refractivity contribution in [3.05, 3.63) is 59.0 Å². The van der Waals surface area contributed by atoms with Gasteiger partial charge in [-0.25, -0.2) is 9.37 Å². The van der Waals surface area contributed by atoms with Gasteiger partial charge in [-0.05, 0) is 68.1 Å². The summed E-state index contributed by atoms with van der Waals surface area (Å²) in [5.74, 6) is 1.09. The molecule has 3 heterocycles. The van der Waals surface area contributed by atoms with Gasteiger partial charge in [0.15, 0.2) is 0 Å². The molecule has 0 atom stereocenters. The number of likely N-dealkylation sites (N-methyl/N-ethyl adjacent to an activating group) is 1. The summed E-state index contributed by atoms with van der Waals surface area (Å²) in [5.41, 5.74) is 2.72. The van der Waals surface area contributed by atoms with Gasteiger partial charge < -0.3 is 14.7 Å². The van der Waals surface area contributed by atoms with Crippen molar-refractivity contribution in [2.75, 3.05) is 51.2 Å². The van der Waals surface area contributed by atoms with E-state index in [2.05, 4.69) is 21.8 Å². The van der Waals surface area contributed by atoms with Gasteiger partial charge in [0.1, 0.15) is 17.3 Å². The van der Waals surface area contributed by atoms with Gasteiger partial charge in [-0.2, -0.15) is 0 Å². The molecule has 0 unspecified atom stereocenters. The fraction of sp³-hybridized carbons (Fsp3) is 0.478. The van der Waals surface area contributed by atoms with E-state index in [0.717, 1.165) is 50.4 Å². The highest BCUT2D eigenvalue weighted by Crippen LogP contribution is 2.31. The summed E-state index contributed by atoms with van der Waals surface area (Å²) in [7, 11) is 2.13. The van der Waals surface area contributed by atoms with Crippen molar-refractivity contribution >= 4 is 11.7 Å². The van der Waals surface area contributed by atoms with Crippen LogP contribution >= 0.6 is 0 Å². The van der Waals surface area contributed by atoms with Crippen LogP contribution in [0.15, 0.2) is 36.4 Å². The number of carbonyl (C=O) groups is 1. The van der Waals surface area contributed by atoms with Gasteiger partial charge in [-0.15, -0.1) is 0 Å². The molecule has 0 aliphatic carbocycles. The SMILES string of the molecule is Cc1cc(F)ccc1C1CCN(C(=O)c2cccc(N3CCN(C)CC3)n2)CC1. The molecule has 2 fully saturated rings. The molecule has 4 rings (SSSR count). The maximum Gasteiger partial charge on any atom is 0.272 e. The van der Waals surface area contributed by atoms with E-state index in [-0.39, 0.29) is 11.7 Å². The summed E-state index contributed by atoms with van der Waals surface area (Å²) < 4.78 is 13.4. The smallest absolute Gasteiger partial charge is 0.272 e. The lowest BCUT2D eigenvalue weighted by molar-refractivity contribution is 0.0707. The zero-order valence-electron chi connectivity index (χ0n) is 17.3. The number of likely N-dealkylation sites (tertiary alicyclic amines) is 1. The van der Waals surface area contributed by atoms with Crippen LogP contribution in [-0.2, 0) is 0 Å². The minimum atomic E-state index is -0.190. The highest BCUT2D eigenvalue weighted by Gasteiger charge is 2.26. The molecule has 0 N–H and O–H groups in total. The first-order valence-corrected chi connectivity index (χ1v) is 10.5. The molecule has 2 aromatic rings. The van der Waals surface area contributed by atoms with Crippen LogP contribution in [0.4, 0.5) is 10.2 Å². The average Bonchev–Trinajstić information content (AvgIpc) is 2.74. The molecule has 1 aromatic heterocycles. The van der Waals surface area contributed by atoms with E-state index in [1.807, 2.05) is 36.1 Å². The summed E-state index contributed by atoms with van der Waals surface area (Å²) >= 11 is 0. The second-order valence-corrected chi connectivity index (χ2v) is 8.24. The molecular weight excluding hydrogens is 367 g/mol. The van der Waals surface area contributed by atoms with Crippen LogP contribution in [0, 0.1) is 12.7 Å². The minimum Gasteiger partial charge on any atom is -0.354 e. The van der Waals surface area contributed by atoms with Gasteiger partial charge in [0.05, 0.1) is 0 Å². The highest BCUT2D eigenvalue weighted by atomic mass is 19.1. The number of piperidine rings is 1. The van der Waals surface area contributed by atoms with Gasteiger partial charge in [0.2, 0.25) is 0 Å². The number of piperazine rings is 1. The average molecular weight is 397 g/mol. The lowest BCUT2D eigenvalue weighted by Gasteiger charge is -2.34. The maximum atomic E-state index is 13.4. The summed E-state index contributed by atoms with van der Waals surface area (Å²) in [5, 5.41) is 0. The van der Waals surface area contributed by atoms with Crippen LogP contribution in [0.5, 0.6) is 0 Å². The molecule has 1 amide bonds. The molecule has 29 heavy (non-hydrogen) atoms. The molecule has 154 valence electrons. The second-order valence-electron chi connectivity index (χ2n) is 8.24. The molecule has 0 spiro atoms. The van der Waals surface area contributed by atoms with Crippen LogP contribution in [-0.4, -0.2) is 67.0 Å². The molecular formula is C23H29FN4O. The minimum absolute atomic E-state index is 0.00950. The Labute approximate surface area is 172 Å². The van der Waals surface area contributed by atoms with Gasteiger partial charge >= 0.3 is 0 Å². The summed E-state index contributed by atoms with van der Waals surface area (Å²) in [6.45, 7) is 7.27. The second kappa shape index (κ2) is 8.49. The standard InChI is InChI=1S/C23H29FN4O/c1-17-16-19(24)6-7-20(17)18-8-10-28(11-9-18)23(29)21-4-3-5-22(25-21)27-14-12-26(2)13-15-27/h3-7,16,18H,8-15H2,1-2H3. The largest absolute Gasteiger partial charge is 0.354 e. The van der Waals surface area contributed by atoms with Crippen molar-refractivity contribution in [1.29, 1.82) is 0 Å². The van der Waals surface area contributed by atoms with E-state index in [4.69, 9.17) is 0 Å². The fourth-order valence-electron chi connectivity index (χ4n) is 4.41. The predicted octanol–water partition coefficient (Wildman–Crippen LogP) is 3.30. The van der Waals surface area contributed by atoms with E-state index in [0.29, 0.717) is 24.7 Å². The Kier molecular flexibility index (Phi) is 5.81. The monoisotopic (exact) mass is 396 g/mol. The maximum absolute atomic E-state index is 13.4. The topological polar surface area (TPSA) is 39.7 Å². The fourth-order valence-corrected chi connectivity index (χ4v) is 4.41. The number of carbonyl (C=O) groups excluding carboxylic acids is 1. The summed E-state index contributed by atoms with van der Waals surface area (Å²) in [4.78, 5) is 24.2. The number of aryl methyl sites for hydroxylation is 1. The number of hydrogen-bond donors (Lipinski definition) is 0. The van der Waals surface area contributed by atoms with Crippen LogP contribution in [0.1, 0.15) is 40.4 Å². The van der Waals surface area contributed by atoms with Crippen molar-refractivity contribution in [3.8, 4) is 0 Å². The zero-order chi connectivity index (χ0) is 20.4. The van der Waals surface area contributed by atoms with Crippen molar-refractivity contribution < 1.29 is 9.18 Å². The van der Waals surface area contributed by atoms with Gasteiger partial charge in [-0.1, -0.05) is 12.1 Å². The number of hydrogen-bond acceptors (Lipinski definition) is 4. The Morgan fingerprint density at radius 1 is 1.03 bits per heavy atom. The molecule has 2 saturated heterocycles. The lowest BCUT2D eigenvalue weighted by Crippen LogP contribution is -2.45. The number of rotatable bonds is 3. The first kappa shape index (κ1) is 19.8. The van der Waals surface area contributed by atoms with Crippen molar-refractivity contribution in [2.45, 2.75) is 25.7 Å². The van der Waals surface area contributed by atoms with Crippen LogP contribution < -0.4 is 4.90 Å². The van der Waals surface area contributed by atoms with Gasteiger partial charge in [-0.3, -0.25) is 4.79 Å². The van der Waals surface area contributed by atoms with Crippen LogP contribution in [0.3, 0.4) is 0 Å². The van der Waals surface area contributed by atoms with Gasteiger partial charge in [0, 0.05) is 39.3 Å². The molecule has 0 radical (unpaired) electrons. The first-order valence-electron chi connectivity index (χ1n) is 10.5. The number of pyridine rings is 1. The summed E-state index contributed by atoms with van der Waals surface area (Å²) in [6.07, 6.45) is 1.80. The summed E-state index contributed by atoms with van der Waals surface area (Å²) in [6, 6.07) is 10.8. The number of nitrogens with zero attached hydrogens (tertiary/aromatic N) is 4. The Bertz CT molecular complexity index is 871. The third-order valence-electron chi connectivity index (χ3n) is 6.23. The first-order chi connectivity index (χ1) is 14.0. The third kappa shape index (κ3) is 4.42. The number of amides is 1. The van der Waals surface area contributed by atoms with E-state index >= 15 is 0 Å². The quantitative estimate of drug-likeness (QED) is 0.798. The molecule has 0 saturated carbocycles. The lowest BCUT2D eigenvalue weighted by atomic mass is 9.87. The molecule has 6 heteroatoms. The number of aromatic nitrogens is 1. The Morgan fingerprint density at radius 3 is 2.45 bits per heavy atom. The highest BCUT2D eigenvalue weighted by molar-refractivity contribution is 5.92. The predicted molar refractivity (Wildman–Crippen MR) is 113 cm³/mol. The Hall–Kier alpha value is -2.47. The number of anilines is 1. The normalized spacial score (nSPS) is 18.9. The van der Waals surface area contributed by atoms with Crippen LogP contribution in [0.2, 0.25) is 0 Å². The van der Waals surface area contributed by atoms with Crippen molar-refractivity contribution in [3.63, 3.8) is 0 Å². The number of halogens is 1. The molecule has 0 bridgehead atoms. The van der Waals surface area contributed by atoms with Gasteiger partial charge in [0.25, 0.3) is 5.91 Å². The molecule has 2 aliphatic rings. The molecule has 1 aromatic carbocycles. The zero-order valence-corrected chi connectivity index (χ0v) is 17.3. The van der Waals surface area contributed by atoms with E-state index < -0.39 is 0 Å². The van der Waals surface area contributed by atoms with Crippen molar-refractivity contribution in [2.24, 2.45) is 0 Å². The van der Waals surface area contributed by atoms with E-state index in [9.17, 15) is 9.18 Å². The third-order valence-corrected chi connectivity index (χ3v) is 6.23. The van der Waals surface area contributed by atoms with E-state index in [1.54, 1.807) is 6.07 Å². The number of benzene rings is 1. The van der Waals surface area contributed by atoms with Crippen LogP contribution in [0.25, 0.3) is 0 Å². The molecule has 2 aliphatic heterocycles.